The van der Waals surface area contributed by atoms with Crippen LogP contribution in [0.15, 0.2) is 23.1 Å². The predicted octanol–water partition coefficient (Wildman–Crippen LogP) is 1.82. The Morgan fingerprint density at radius 1 is 1.43 bits per heavy atom. The summed E-state index contributed by atoms with van der Waals surface area (Å²) in [7, 11) is -3.51. The van der Waals surface area contributed by atoms with Crippen LogP contribution in [0.3, 0.4) is 0 Å². The summed E-state index contributed by atoms with van der Waals surface area (Å²) < 4.78 is 32.6. The van der Waals surface area contributed by atoms with Crippen LogP contribution in [0, 0.1) is 5.92 Å². The van der Waals surface area contributed by atoms with E-state index >= 15 is 0 Å². The highest BCUT2D eigenvalue weighted by molar-refractivity contribution is 7.98. The maximum atomic E-state index is 12.3. The fourth-order valence-electron chi connectivity index (χ4n) is 1.86. The SMILES string of the molecule is CCOc1ccc(S(=O)(=O)NCC(C)CSC)cc1CN. The van der Waals surface area contributed by atoms with Crippen molar-refractivity contribution < 1.29 is 13.2 Å². The van der Waals surface area contributed by atoms with Gasteiger partial charge in [-0.3, -0.25) is 0 Å². The van der Waals surface area contributed by atoms with Crippen molar-refractivity contribution in [3.8, 4) is 5.75 Å². The van der Waals surface area contributed by atoms with Gasteiger partial charge in [-0.25, -0.2) is 13.1 Å². The van der Waals surface area contributed by atoms with Gasteiger partial charge in [0.15, 0.2) is 0 Å². The summed E-state index contributed by atoms with van der Waals surface area (Å²) in [4.78, 5) is 0.225. The lowest BCUT2D eigenvalue weighted by Gasteiger charge is -2.14. The molecule has 0 aliphatic heterocycles. The number of ether oxygens (including phenoxy) is 1. The first-order chi connectivity index (χ1) is 9.94. The van der Waals surface area contributed by atoms with E-state index in [1.165, 1.54) is 0 Å². The van der Waals surface area contributed by atoms with E-state index in [0.717, 1.165) is 5.75 Å². The highest BCUT2D eigenvalue weighted by atomic mass is 32.2. The smallest absolute Gasteiger partial charge is 0.240 e. The quantitative estimate of drug-likeness (QED) is 0.721. The van der Waals surface area contributed by atoms with Gasteiger partial charge >= 0.3 is 0 Å². The molecule has 0 heterocycles. The van der Waals surface area contributed by atoms with E-state index in [1.54, 1.807) is 30.0 Å². The largest absolute Gasteiger partial charge is 0.494 e. The van der Waals surface area contributed by atoms with Gasteiger partial charge in [0.2, 0.25) is 10.0 Å². The molecule has 120 valence electrons. The summed E-state index contributed by atoms with van der Waals surface area (Å²) in [5.41, 5.74) is 6.35. The number of nitrogens with one attached hydrogen (secondary N) is 1. The molecule has 1 aromatic carbocycles. The van der Waals surface area contributed by atoms with E-state index < -0.39 is 10.0 Å². The zero-order valence-electron chi connectivity index (χ0n) is 12.8. The first kappa shape index (κ1) is 18.3. The molecule has 5 nitrogen and oxygen atoms in total. The van der Waals surface area contributed by atoms with Crippen LogP contribution in [0.4, 0.5) is 0 Å². The summed E-state index contributed by atoms with van der Waals surface area (Å²) in [5.74, 6) is 1.83. The van der Waals surface area contributed by atoms with E-state index in [1.807, 2.05) is 20.1 Å². The van der Waals surface area contributed by atoms with Crippen molar-refractivity contribution in [1.29, 1.82) is 0 Å². The van der Waals surface area contributed by atoms with Gasteiger partial charge in [0, 0.05) is 18.7 Å². The molecule has 21 heavy (non-hydrogen) atoms. The lowest BCUT2D eigenvalue weighted by molar-refractivity contribution is 0.336. The number of rotatable bonds is 9. The number of hydrogen-bond donors (Lipinski definition) is 2. The van der Waals surface area contributed by atoms with E-state index in [4.69, 9.17) is 10.5 Å². The normalized spacial score (nSPS) is 13.1. The first-order valence-corrected chi connectivity index (χ1v) is 9.76. The van der Waals surface area contributed by atoms with Crippen LogP contribution in [0.5, 0.6) is 5.75 Å². The van der Waals surface area contributed by atoms with E-state index in [9.17, 15) is 8.42 Å². The average Bonchev–Trinajstić information content (AvgIpc) is 2.46. The van der Waals surface area contributed by atoms with E-state index in [-0.39, 0.29) is 17.4 Å². The third-order valence-electron chi connectivity index (χ3n) is 2.94. The molecule has 0 saturated heterocycles. The van der Waals surface area contributed by atoms with Crippen LogP contribution >= 0.6 is 11.8 Å². The van der Waals surface area contributed by atoms with Gasteiger partial charge < -0.3 is 10.5 Å². The van der Waals surface area contributed by atoms with Gasteiger partial charge in [-0.1, -0.05) is 6.92 Å². The lowest BCUT2D eigenvalue weighted by Crippen LogP contribution is -2.29. The fourth-order valence-corrected chi connectivity index (χ4v) is 3.76. The van der Waals surface area contributed by atoms with Crippen molar-refractivity contribution in [2.24, 2.45) is 11.7 Å². The van der Waals surface area contributed by atoms with Gasteiger partial charge in [-0.05, 0) is 43.0 Å². The van der Waals surface area contributed by atoms with Crippen molar-refractivity contribution in [1.82, 2.24) is 4.72 Å². The van der Waals surface area contributed by atoms with E-state index in [0.29, 0.717) is 24.5 Å². The molecule has 1 aromatic rings. The van der Waals surface area contributed by atoms with Crippen LogP contribution in [0.25, 0.3) is 0 Å². The van der Waals surface area contributed by atoms with Crippen molar-refractivity contribution in [2.75, 3.05) is 25.2 Å². The molecule has 0 aromatic heterocycles. The molecular formula is C14H24N2O3S2. The Kier molecular flexibility index (Phi) is 7.51. The molecule has 1 unspecified atom stereocenters. The number of nitrogens with two attached hydrogens (primary N) is 1. The Bertz CT molecular complexity index is 547. The van der Waals surface area contributed by atoms with E-state index in [2.05, 4.69) is 4.72 Å². The Balaban J connectivity index is 2.88. The second-order valence-corrected chi connectivity index (χ2v) is 7.50. The summed E-state index contributed by atoms with van der Waals surface area (Å²) in [6, 6.07) is 4.78. The topological polar surface area (TPSA) is 81.4 Å². The highest BCUT2D eigenvalue weighted by Crippen LogP contribution is 2.22. The second-order valence-electron chi connectivity index (χ2n) is 4.82. The molecule has 0 radical (unpaired) electrons. The standard InChI is InChI=1S/C14H24N2O3S2/c1-4-19-14-6-5-13(7-12(14)8-15)21(17,18)16-9-11(2)10-20-3/h5-7,11,16H,4,8-10,15H2,1-3H3. The third-order valence-corrected chi connectivity index (χ3v) is 5.26. The Labute approximate surface area is 131 Å². The highest BCUT2D eigenvalue weighted by Gasteiger charge is 2.17. The van der Waals surface area contributed by atoms with Gasteiger partial charge in [0.1, 0.15) is 5.75 Å². The maximum absolute atomic E-state index is 12.3. The van der Waals surface area contributed by atoms with Crippen LogP contribution < -0.4 is 15.2 Å². The Morgan fingerprint density at radius 3 is 2.71 bits per heavy atom. The maximum Gasteiger partial charge on any atom is 0.240 e. The molecule has 1 rings (SSSR count). The Hall–Kier alpha value is -0.760. The van der Waals surface area contributed by atoms with Crippen molar-refractivity contribution in [2.45, 2.75) is 25.3 Å². The molecule has 0 saturated carbocycles. The number of thioether (sulfide) groups is 1. The molecule has 0 aliphatic carbocycles. The molecule has 0 aliphatic rings. The molecule has 3 N–H and O–H groups in total. The minimum Gasteiger partial charge on any atom is -0.494 e. The summed E-state index contributed by atoms with van der Waals surface area (Å²) in [5, 5.41) is 0. The second kappa shape index (κ2) is 8.63. The van der Waals surface area contributed by atoms with Crippen molar-refractivity contribution in [3.63, 3.8) is 0 Å². The third kappa shape index (κ3) is 5.50. The molecule has 0 bridgehead atoms. The van der Waals surface area contributed by atoms with Gasteiger partial charge in [0.05, 0.1) is 11.5 Å². The molecule has 7 heteroatoms. The minimum absolute atomic E-state index is 0.225. The number of benzene rings is 1. The molecule has 0 spiro atoms. The van der Waals surface area contributed by atoms with Crippen LogP contribution in [0.2, 0.25) is 0 Å². The van der Waals surface area contributed by atoms with Crippen LogP contribution in [-0.4, -0.2) is 33.6 Å². The Morgan fingerprint density at radius 2 is 2.14 bits per heavy atom. The summed E-state index contributed by atoms with van der Waals surface area (Å²) >= 11 is 1.70. The van der Waals surface area contributed by atoms with Crippen LogP contribution in [-0.2, 0) is 16.6 Å². The molecule has 0 amide bonds. The molecule has 1 atom stereocenters. The van der Waals surface area contributed by atoms with Crippen LogP contribution in [0.1, 0.15) is 19.4 Å². The molecular weight excluding hydrogens is 308 g/mol. The zero-order valence-corrected chi connectivity index (χ0v) is 14.4. The van der Waals surface area contributed by atoms with Gasteiger partial charge in [-0.15, -0.1) is 0 Å². The van der Waals surface area contributed by atoms with Crippen molar-refractivity contribution in [3.05, 3.63) is 23.8 Å². The fraction of sp³-hybridized carbons (Fsp3) is 0.571. The lowest BCUT2D eigenvalue weighted by atomic mass is 10.2. The number of hydrogen-bond acceptors (Lipinski definition) is 5. The van der Waals surface area contributed by atoms with Gasteiger partial charge in [0.25, 0.3) is 0 Å². The van der Waals surface area contributed by atoms with Crippen molar-refractivity contribution >= 4 is 21.8 Å². The summed E-state index contributed by atoms with van der Waals surface area (Å²) in [6.07, 6.45) is 2.00. The zero-order chi connectivity index (χ0) is 15.9. The summed E-state index contributed by atoms with van der Waals surface area (Å²) in [6.45, 7) is 5.07. The average molecular weight is 332 g/mol. The first-order valence-electron chi connectivity index (χ1n) is 6.89. The number of sulfonamides is 1. The monoisotopic (exact) mass is 332 g/mol. The minimum atomic E-state index is -3.51. The molecule has 0 fully saturated rings. The van der Waals surface area contributed by atoms with Gasteiger partial charge in [-0.2, -0.15) is 11.8 Å². The predicted molar refractivity (Wildman–Crippen MR) is 88.2 cm³/mol.